The molecule has 0 aromatic rings. The van der Waals surface area contributed by atoms with Gasteiger partial charge < -0.3 is 5.11 Å². The first-order valence-corrected chi connectivity index (χ1v) is 15.0. The number of carboxylic acids is 1. The van der Waals surface area contributed by atoms with E-state index < -0.39 is 5.97 Å². The van der Waals surface area contributed by atoms with Crippen molar-refractivity contribution in [2.75, 3.05) is 13.1 Å². The van der Waals surface area contributed by atoms with Gasteiger partial charge in [-0.25, -0.2) is 0 Å². The Morgan fingerprint density at radius 1 is 0.576 bits per heavy atom. The summed E-state index contributed by atoms with van der Waals surface area (Å²) in [7, 11) is 0. The SMILES string of the molecule is CCCCCCCCCCCCN(CCCCCCCCCCCC)C(CC(C)C)C(=O)O. The molecular weight excluding hydrogens is 406 g/mol. The average Bonchev–Trinajstić information content (AvgIpc) is 2.78. The Morgan fingerprint density at radius 2 is 0.879 bits per heavy atom. The molecule has 1 unspecified atom stereocenters. The number of hydrogen-bond acceptors (Lipinski definition) is 2. The molecule has 1 atom stereocenters. The maximum atomic E-state index is 12.0. The van der Waals surface area contributed by atoms with E-state index in [1.807, 2.05) is 0 Å². The van der Waals surface area contributed by atoms with Crippen molar-refractivity contribution in [2.24, 2.45) is 5.92 Å². The molecule has 0 spiro atoms. The molecule has 0 saturated heterocycles. The standard InChI is InChI=1S/C30H61NO2/c1-5-7-9-11-13-15-17-19-21-23-25-31(29(30(32)33)27-28(3)4)26-24-22-20-18-16-14-12-10-8-6-2/h28-29H,5-27H2,1-4H3,(H,32,33). The molecule has 0 aliphatic rings. The van der Waals surface area contributed by atoms with Gasteiger partial charge >= 0.3 is 5.97 Å². The average molecular weight is 468 g/mol. The lowest BCUT2D eigenvalue weighted by Crippen LogP contribution is -2.43. The Labute approximate surface area is 208 Å². The molecule has 33 heavy (non-hydrogen) atoms. The third-order valence-electron chi connectivity index (χ3n) is 7.02. The first-order valence-electron chi connectivity index (χ1n) is 15.0. The van der Waals surface area contributed by atoms with Crippen LogP contribution in [0.25, 0.3) is 0 Å². The van der Waals surface area contributed by atoms with Crippen LogP contribution < -0.4 is 0 Å². The van der Waals surface area contributed by atoms with Crippen LogP contribution in [-0.4, -0.2) is 35.1 Å². The number of unbranched alkanes of at least 4 members (excludes halogenated alkanes) is 18. The summed E-state index contributed by atoms with van der Waals surface area (Å²) in [5.41, 5.74) is 0. The summed E-state index contributed by atoms with van der Waals surface area (Å²) in [6, 6.07) is -0.304. The Hall–Kier alpha value is -0.570. The Bertz CT molecular complexity index is 386. The molecule has 0 amide bonds. The fourth-order valence-corrected chi connectivity index (χ4v) is 4.88. The van der Waals surface area contributed by atoms with Crippen LogP contribution in [0.4, 0.5) is 0 Å². The third kappa shape index (κ3) is 21.7. The Kier molecular flexibility index (Phi) is 24.1. The zero-order valence-electron chi connectivity index (χ0n) is 23.2. The second kappa shape index (κ2) is 24.6. The van der Waals surface area contributed by atoms with Gasteiger partial charge in [-0.3, -0.25) is 9.69 Å². The fourth-order valence-electron chi connectivity index (χ4n) is 4.88. The van der Waals surface area contributed by atoms with Gasteiger partial charge in [0.15, 0.2) is 0 Å². The van der Waals surface area contributed by atoms with E-state index in [-0.39, 0.29) is 6.04 Å². The maximum absolute atomic E-state index is 12.0. The van der Waals surface area contributed by atoms with Gasteiger partial charge in [0.2, 0.25) is 0 Å². The van der Waals surface area contributed by atoms with Gasteiger partial charge in [-0.1, -0.05) is 143 Å². The van der Waals surface area contributed by atoms with Crippen LogP contribution in [0.2, 0.25) is 0 Å². The maximum Gasteiger partial charge on any atom is 0.320 e. The number of rotatable bonds is 26. The summed E-state index contributed by atoms with van der Waals surface area (Å²) in [5, 5.41) is 9.87. The van der Waals surface area contributed by atoms with E-state index in [4.69, 9.17) is 0 Å². The predicted octanol–water partition coefficient (Wildman–Crippen LogP) is 9.63. The highest BCUT2D eigenvalue weighted by Crippen LogP contribution is 2.17. The molecule has 0 radical (unpaired) electrons. The number of carbonyl (C=O) groups is 1. The summed E-state index contributed by atoms with van der Waals surface area (Å²) in [5.74, 6) is -0.197. The van der Waals surface area contributed by atoms with Crippen molar-refractivity contribution in [2.45, 2.75) is 169 Å². The molecule has 0 aromatic heterocycles. The highest BCUT2D eigenvalue weighted by Gasteiger charge is 2.25. The molecule has 0 rings (SSSR count). The van der Waals surface area contributed by atoms with Gasteiger partial charge in [-0.15, -0.1) is 0 Å². The zero-order chi connectivity index (χ0) is 24.6. The molecular formula is C30H61NO2. The van der Waals surface area contributed by atoms with Crippen molar-refractivity contribution in [3.8, 4) is 0 Å². The Balaban J connectivity index is 4.13. The summed E-state index contributed by atoms with van der Waals surface area (Å²) in [6.07, 6.45) is 27.4. The van der Waals surface area contributed by atoms with Gasteiger partial charge in [0.05, 0.1) is 0 Å². The largest absolute Gasteiger partial charge is 0.480 e. The quantitative estimate of drug-likeness (QED) is 0.129. The molecule has 1 N–H and O–H groups in total. The van der Waals surface area contributed by atoms with Crippen molar-refractivity contribution in [3.05, 3.63) is 0 Å². The van der Waals surface area contributed by atoms with E-state index in [0.717, 1.165) is 32.4 Å². The summed E-state index contributed by atoms with van der Waals surface area (Å²) in [6.45, 7) is 10.8. The molecule has 198 valence electrons. The van der Waals surface area contributed by atoms with E-state index in [1.54, 1.807) is 0 Å². The van der Waals surface area contributed by atoms with Crippen LogP contribution in [0, 0.1) is 5.92 Å². The van der Waals surface area contributed by atoms with Gasteiger partial charge in [0.25, 0.3) is 0 Å². The highest BCUT2D eigenvalue weighted by molar-refractivity contribution is 5.73. The number of nitrogens with zero attached hydrogens (tertiary/aromatic N) is 1. The summed E-state index contributed by atoms with van der Waals surface area (Å²) in [4.78, 5) is 14.3. The molecule has 0 saturated carbocycles. The fraction of sp³-hybridized carbons (Fsp3) is 0.967. The van der Waals surface area contributed by atoms with E-state index in [2.05, 4.69) is 32.6 Å². The van der Waals surface area contributed by atoms with Gasteiger partial charge in [0.1, 0.15) is 6.04 Å². The summed E-state index contributed by atoms with van der Waals surface area (Å²) < 4.78 is 0. The number of aliphatic carboxylic acids is 1. The van der Waals surface area contributed by atoms with Crippen molar-refractivity contribution in [1.29, 1.82) is 0 Å². The lowest BCUT2D eigenvalue weighted by molar-refractivity contribution is -0.144. The minimum absolute atomic E-state index is 0.304. The molecule has 0 bridgehead atoms. The third-order valence-corrected chi connectivity index (χ3v) is 7.02. The smallest absolute Gasteiger partial charge is 0.320 e. The summed E-state index contributed by atoms with van der Waals surface area (Å²) >= 11 is 0. The lowest BCUT2D eigenvalue weighted by atomic mass is 10.0. The highest BCUT2D eigenvalue weighted by atomic mass is 16.4. The lowest BCUT2D eigenvalue weighted by Gasteiger charge is -2.30. The molecule has 0 aliphatic carbocycles. The Morgan fingerprint density at radius 3 is 1.15 bits per heavy atom. The van der Waals surface area contributed by atoms with Crippen molar-refractivity contribution in [3.63, 3.8) is 0 Å². The second-order valence-corrected chi connectivity index (χ2v) is 10.9. The van der Waals surface area contributed by atoms with Crippen LogP contribution in [0.5, 0.6) is 0 Å². The number of carboxylic acid groups (broad SMARTS) is 1. The van der Waals surface area contributed by atoms with Crippen LogP contribution >= 0.6 is 0 Å². The van der Waals surface area contributed by atoms with E-state index in [9.17, 15) is 9.90 Å². The van der Waals surface area contributed by atoms with Crippen molar-refractivity contribution < 1.29 is 9.90 Å². The van der Waals surface area contributed by atoms with Crippen molar-refractivity contribution in [1.82, 2.24) is 4.90 Å². The molecule has 3 nitrogen and oxygen atoms in total. The molecule has 3 heteroatoms. The second-order valence-electron chi connectivity index (χ2n) is 10.9. The zero-order valence-corrected chi connectivity index (χ0v) is 23.2. The van der Waals surface area contributed by atoms with Crippen LogP contribution in [0.3, 0.4) is 0 Å². The van der Waals surface area contributed by atoms with E-state index in [0.29, 0.717) is 5.92 Å². The first-order chi connectivity index (χ1) is 16.0. The topological polar surface area (TPSA) is 40.5 Å². The normalized spacial score (nSPS) is 12.7. The number of hydrogen-bond donors (Lipinski definition) is 1. The molecule has 0 aromatic carbocycles. The monoisotopic (exact) mass is 467 g/mol. The molecule has 0 heterocycles. The minimum Gasteiger partial charge on any atom is -0.480 e. The van der Waals surface area contributed by atoms with Crippen LogP contribution in [0.1, 0.15) is 163 Å². The molecule has 0 fully saturated rings. The van der Waals surface area contributed by atoms with E-state index in [1.165, 1.54) is 116 Å². The van der Waals surface area contributed by atoms with E-state index >= 15 is 0 Å². The van der Waals surface area contributed by atoms with Gasteiger partial charge in [0, 0.05) is 0 Å². The van der Waals surface area contributed by atoms with Gasteiger partial charge in [-0.2, -0.15) is 0 Å². The van der Waals surface area contributed by atoms with Crippen LogP contribution in [0.15, 0.2) is 0 Å². The first kappa shape index (κ1) is 32.4. The predicted molar refractivity (Wildman–Crippen MR) is 146 cm³/mol. The van der Waals surface area contributed by atoms with Gasteiger partial charge in [-0.05, 0) is 38.3 Å². The van der Waals surface area contributed by atoms with Crippen LogP contribution in [-0.2, 0) is 4.79 Å². The van der Waals surface area contributed by atoms with Crippen molar-refractivity contribution >= 4 is 5.97 Å². The minimum atomic E-state index is -0.622. The molecule has 0 aliphatic heterocycles.